The number of nitrogen functional groups attached to an aromatic ring is 1. The van der Waals surface area contributed by atoms with Crippen LogP contribution in [0.1, 0.15) is 12.0 Å². The Balaban J connectivity index is 1.96. The molecule has 3 nitrogen and oxygen atoms in total. The lowest BCUT2D eigenvalue weighted by Gasteiger charge is -2.17. The first-order valence-electron chi connectivity index (χ1n) is 6.43. The van der Waals surface area contributed by atoms with Crippen molar-refractivity contribution < 1.29 is 9.18 Å². The molecule has 20 heavy (non-hydrogen) atoms. The smallest absolute Gasteiger partial charge is 0.227 e. The van der Waals surface area contributed by atoms with E-state index in [9.17, 15) is 9.18 Å². The second kappa shape index (κ2) is 6.19. The number of amides is 1. The van der Waals surface area contributed by atoms with Crippen LogP contribution >= 0.6 is 0 Å². The molecule has 0 aliphatic rings. The van der Waals surface area contributed by atoms with Gasteiger partial charge in [0, 0.05) is 24.8 Å². The number of carbonyl (C=O) groups excluding carboxylic acids is 1. The molecule has 2 rings (SSSR count). The summed E-state index contributed by atoms with van der Waals surface area (Å²) in [6.07, 6.45) is 1.01. The highest BCUT2D eigenvalue weighted by atomic mass is 19.1. The van der Waals surface area contributed by atoms with Crippen LogP contribution in [0.5, 0.6) is 0 Å². The van der Waals surface area contributed by atoms with Crippen molar-refractivity contribution in [2.24, 2.45) is 0 Å². The Morgan fingerprint density at radius 1 is 1.20 bits per heavy atom. The summed E-state index contributed by atoms with van der Waals surface area (Å²) in [5.74, 6) is -0.395. The number of anilines is 2. The molecule has 0 atom stereocenters. The average molecular weight is 272 g/mol. The molecule has 4 heteroatoms. The molecule has 0 aliphatic carbocycles. The second-order valence-corrected chi connectivity index (χ2v) is 4.67. The average Bonchev–Trinajstić information content (AvgIpc) is 2.45. The van der Waals surface area contributed by atoms with Gasteiger partial charge in [-0.3, -0.25) is 4.79 Å². The number of carbonyl (C=O) groups is 1. The molecular weight excluding hydrogens is 255 g/mol. The molecule has 0 fully saturated rings. The van der Waals surface area contributed by atoms with Gasteiger partial charge < -0.3 is 10.6 Å². The fourth-order valence-corrected chi connectivity index (χ4v) is 1.93. The summed E-state index contributed by atoms with van der Waals surface area (Å²) in [4.78, 5) is 13.5. The van der Waals surface area contributed by atoms with Gasteiger partial charge in [-0.25, -0.2) is 4.39 Å². The van der Waals surface area contributed by atoms with E-state index in [2.05, 4.69) is 0 Å². The Labute approximate surface area is 117 Å². The van der Waals surface area contributed by atoms with E-state index in [-0.39, 0.29) is 11.7 Å². The lowest BCUT2D eigenvalue weighted by atomic mass is 10.1. The fourth-order valence-electron chi connectivity index (χ4n) is 1.93. The Kier molecular flexibility index (Phi) is 4.35. The fraction of sp³-hybridized carbons (Fsp3) is 0.188. The number of aryl methyl sites for hydroxylation is 1. The zero-order chi connectivity index (χ0) is 14.5. The molecule has 2 N–H and O–H groups in total. The molecule has 0 aromatic heterocycles. The van der Waals surface area contributed by atoms with E-state index in [4.69, 9.17) is 5.73 Å². The van der Waals surface area contributed by atoms with Crippen molar-refractivity contribution in [3.05, 3.63) is 59.9 Å². The standard InChI is InChI=1S/C16H17FN2O/c1-19(15-4-2-3-13(17)11-15)16(20)10-7-12-5-8-14(18)9-6-12/h2-6,8-9,11H,7,10,18H2,1H3. The van der Waals surface area contributed by atoms with Crippen molar-refractivity contribution in [1.82, 2.24) is 0 Å². The topological polar surface area (TPSA) is 46.3 Å². The summed E-state index contributed by atoms with van der Waals surface area (Å²) in [5.41, 5.74) is 7.93. The van der Waals surface area contributed by atoms with Crippen molar-refractivity contribution in [3.8, 4) is 0 Å². The number of benzene rings is 2. The minimum absolute atomic E-state index is 0.0487. The maximum atomic E-state index is 13.1. The second-order valence-electron chi connectivity index (χ2n) is 4.67. The summed E-state index contributed by atoms with van der Waals surface area (Å²) in [7, 11) is 1.65. The number of nitrogens with zero attached hydrogens (tertiary/aromatic N) is 1. The Morgan fingerprint density at radius 2 is 1.90 bits per heavy atom. The van der Waals surface area contributed by atoms with Crippen LogP contribution < -0.4 is 10.6 Å². The van der Waals surface area contributed by atoms with Gasteiger partial charge in [-0.1, -0.05) is 18.2 Å². The largest absolute Gasteiger partial charge is 0.399 e. The van der Waals surface area contributed by atoms with Gasteiger partial charge in [0.15, 0.2) is 0 Å². The Hall–Kier alpha value is -2.36. The van der Waals surface area contributed by atoms with E-state index < -0.39 is 0 Å². The highest BCUT2D eigenvalue weighted by Crippen LogP contribution is 2.16. The SMILES string of the molecule is CN(C(=O)CCc1ccc(N)cc1)c1cccc(F)c1. The molecule has 0 heterocycles. The van der Waals surface area contributed by atoms with Crippen molar-refractivity contribution in [2.45, 2.75) is 12.8 Å². The van der Waals surface area contributed by atoms with Crippen LogP contribution in [0.4, 0.5) is 15.8 Å². The predicted molar refractivity (Wildman–Crippen MR) is 79.0 cm³/mol. The van der Waals surface area contributed by atoms with Gasteiger partial charge in [-0.15, -0.1) is 0 Å². The number of rotatable bonds is 4. The van der Waals surface area contributed by atoms with E-state index in [0.29, 0.717) is 24.2 Å². The molecule has 2 aromatic rings. The van der Waals surface area contributed by atoms with Gasteiger partial charge in [0.25, 0.3) is 0 Å². The highest BCUT2D eigenvalue weighted by Gasteiger charge is 2.11. The zero-order valence-corrected chi connectivity index (χ0v) is 11.3. The van der Waals surface area contributed by atoms with Gasteiger partial charge in [-0.05, 0) is 42.3 Å². The van der Waals surface area contributed by atoms with Crippen LogP contribution in [-0.2, 0) is 11.2 Å². The van der Waals surface area contributed by atoms with E-state index in [1.807, 2.05) is 24.3 Å². The molecule has 0 spiro atoms. The first-order valence-corrected chi connectivity index (χ1v) is 6.43. The van der Waals surface area contributed by atoms with Gasteiger partial charge in [0.1, 0.15) is 5.82 Å². The van der Waals surface area contributed by atoms with Gasteiger partial charge in [0.2, 0.25) is 5.91 Å². The minimum Gasteiger partial charge on any atom is -0.399 e. The van der Waals surface area contributed by atoms with Crippen molar-refractivity contribution in [3.63, 3.8) is 0 Å². The third-order valence-electron chi connectivity index (χ3n) is 3.18. The first-order chi connectivity index (χ1) is 9.56. The summed E-state index contributed by atoms with van der Waals surface area (Å²) in [5, 5.41) is 0. The Morgan fingerprint density at radius 3 is 2.55 bits per heavy atom. The molecule has 0 aliphatic heterocycles. The lowest BCUT2D eigenvalue weighted by Crippen LogP contribution is -2.26. The summed E-state index contributed by atoms with van der Waals surface area (Å²) in [6.45, 7) is 0. The Bertz CT molecular complexity index is 596. The maximum absolute atomic E-state index is 13.1. The molecule has 0 radical (unpaired) electrons. The molecule has 0 bridgehead atoms. The van der Waals surface area contributed by atoms with Crippen molar-refractivity contribution in [1.29, 1.82) is 0 Å². The quantitative estimate of drug-likeness (QED) is 0.870. The van der Waals surface area contributed by atoms with Crippen LogP contribution in [0, 0.1) is 5.82 Å². The van der Waals surface area contributed by atoms with Crippen LogP contribution in [0.15, 0.2) is 48.5 Å². The monoisotopic (exact) mass is 272 g/mol. The number of halogens is 1. The first kappa shape index (κ1) is 14.1. The van der Waals surface area contributed by atoms with Gasteiger partial charge in [-0.2, -0.15) is 0 Å². The third kappa shape index (κ3) is 3.57. The van der Waals surface area contributed by atoms with E-state index in [0.717, 1.165) is 5.56 Å². The third-order valence-corrected chi connectivity index (χ3v) is 3.18. The lowest BCUT2D eigenvalue weighted by molar-refractivity contribution is -0.118. The van der Waals surface area contributed by atoms with Crippen LogP contribution in [0.2, 0.25) is 0 Å². The van der Waals surface area contributed by atoms with Crippen LogP contribution in [0.3, 0.4) is 0 Å². The summed E-state index contributed by atoms with van der Waals surface area (Å²) in [6, 6.07) is 13.5. The van der Waals surface area contributed by atoms with E-state index >= 15 is 0 Å². The minimum atomic E-state index is -0.347. The molecule has 0 saturated carbocycles. The van der Waals surface area contributed by atoms with E-state index in [1.165, 1.54) is 17.0 Å². The number of hydrogen-bond acceptors (Lipinski definition) is 2. The maximum Gasteiger partial charge on any atom is 0.227 e. The summed E-state index contributed by atoms with van der Waals surface area (Å²) >= 11 is 0. The van der Waals surface area contributed by atoms with Crippen molar-refractivity contribution >= 4 is 17.3 Å². The van der Waals surface area contributed by atoms with E-state index in [1.54, 1.807) is 19.2 Å². The molecule has 2 aromatic carbocycles. The normalized spacial score (nSPS) is 10.3. The number of hydrogen-bond donors (Lipinski definition) is 1. The molecular formula is C16H17FN2O. The number of nitrogens with two attached hydrogens (primary N) is 1. The highest BCUT2D eigenvalue weighted by molar-refractivity contribution is 5.92. The predicted octanol–water partition coefficient (Wildman–Crippen LogP) is 3.00. The van der Waals surface area contributed by atoms with Gasteiger partial charge >= 0.3 is 0 Å². The van der Waals surface area contributed by atoms with Crippen LogP contribution in [0.25, 0.3) is 0 Å². The molecule has 0 saturated heterocycles. The van der Waals surface area contributed by atoms with Crippen LogP contribution in [-0.4, -0.2) is 13.0 Å². The van der Waals surface area contributed by atoms with Gasteiger partial charge in [0.05, 0.1) is 0 Å². The van der Waals surface area contributed by atoms with Crippen molar-refractivity contribution in [2.75, 3.05) is 17.7 Å². The molecule has 0 unspecified atom stereocenters. The summed E-state index contributed by atoms with van der Waals surface area (Å²) < 4.78 is 13.1. The molecule has 104 valence electrons. The zero-order valence-electron chi connectivity index (χ0n) is 11.3. The molecule has 1 amide bonds.